The molecule has 108 valence electrons. The highest BCUT2D eigenvalue weighted by atomic mass is 16.5. The van der Waals surface area contributed by atoms with Crippen LogP contribution in [0.5, 0.6) is 11.8 Å². The van der Waals surface area contributed by atoms with Gasteiger partial charge in [0.05, 0.1) is 25.9 Å². The van der Waals surface area contributed by atoms with E-state index in [0.29, 0.717) is 36.6 Å². The fourth-order valence-electron chi connectivity index (χ4n) is 1.91. The number of nitrogens with one attached hydrogen (secondary N) is 1. The molecule has 0 fully saturated rings. The fourth-order valence-corrected chi connectivity index (χ4v) is 1.91. The van der Waals surface area contributed by atoms with Crippen molar-refractivity contribution < 1.29 is 14.6 Å². The highest BCUT2D eigenvalue weighted by Gasteiger charge is 2.22. The maximum absolute atomic E-state index is 10.2. The van der Waals surface area contributed by atoms with Crippen molar-refractivity contribution in [2.24, 2.45) is 5.92 Å². The van der Waals surface area contributed by atoms with E-state index in [1.807, 2.05) is 0 Å². The maximum Gasteiger partial charge on any atom is 0.229 e. The lowest BCUT2D eigenvalue weighted by molar-refractivity contribution is 0.0513. The molecule has 1 aromatic rings. The van der Waals surface area contributed by atoms with Crippen LogP contribution in [0.3, 0.4) is 0 Å². The zero-order valence-electron chi connectivity index (χ0n) is 12.2. The smallest absolute Gasteiger partial charge is 0.229 e. The topological polar surface area (TPSA) is 76.5 Å². The summed E-state index contributed by atoms with van der Waals surface area (Å²) in [6.45, 7) is 6.29. The van der Waals surface area contributed by atoms with Crippen molar-refractivity contribution >= 4 is 5.95 Å². The summed E-state index contributed by atoms with van der Waals surface area (Å²) >= 11 is 0. The molecule has 1 heterocycles. The van der Waals surface area contributed by atoms with Gasteiger partial charge in [-0.1, -0.05) is 13.8 Å². The molecule has 19 heavy (non-hydrogen) atoms. The Bertz CT molecular complexity index is 386. The Morgan fingerprint density at radius 2 is 1.79 bits per heavy atom. The summed E-state index contributed by atoms with van der Waals surface area (Å²) in [6.07, 6.45) is 0.696. The van der Waals surface area contributed by atoms with E-state index in [2.05, 4.69) is 29.1 Å². The molecule has 0 aliphatic rings. The Morgan fingerprint density at radius 1 is 1.26 bits per heavy atom. The number of ether oxygens (including phenoxy) is 2. The van der Waals surface area contributed by atoms with Crippen LogP contribution in [0.4, 0.5) is 5.95 Å². The Balaban J connectivity index is 2.71. The summed E-state index contributed by atoms with van der Waals surface area (Å²) in [5.41, 5.74) is -0.812. The van der Waals surface area contributed by atoms with Gasteiger partial charge in [-0.3, -0.25) is 0 Å². The SMILES string of the molecule is COc1cc(OC)nc(NCC(C)(O)CC(C)C)n1. The first-order valence-corrected chi connectivity index (χ1v) is 6.29. The molecule has 0 amide bonds. The summed E-state index contributed by atoms with van der Waals surface area (Å²) in [5, 5.41) is 13.2. The molecule has 0 saturated heterocycles. The zero-order valence-corrected chi connectivity index (χ0v) is 12.2. The van der Waals surface area contributed by atoms with Crippen molar-refractivity contribution in [1.29, 1.82) is 0 Å². The first kappa shape index (κ1) is 15.5. The van der Waals surface area contributed by atoms with Gasteiger partial charge < -0.3 is 19.9 Å². The Hall–Kier alpha value is -1.56. The van der Waals surface area contributed by atoms with Gasteiger partial charge in [0, 0.05) is 6.54 Å². The van der Waals surface area contributed by atoms with Crippen LogP contribution in [0.25, 0.3) is 0 Å². The molecule has 1 aromatic heterocycles. The van der Waals surface area contributed by atoms with Crippen LogP contribution in [0.1, 0.15) is 27.2 Å². The average molecular weight is 269 g/mol. The van der Waals surface area contributed by atoms with E-state index in [0.717, 1.165) is 0 Å². The average Bonchev–Trinajstić information content (AvgIpc) is 2.34. The summed E-state index contributed by atoms with van der Waals surface area (Å²) in [7, 11) is 3.06. The molecular formula is C13H23N3O3. The molecule has 1 rings (SSSR count). The second-order valence-corrected chi connectivity index (χ2v) is 5.22. The molecule has 6 nitrogen and oxygen atoms in total. The Labute approximate surface area is 114 Å². The summed E-state index contributed by atoms with van der Waals surface area (Å²) in [6, 6.07) is 1.59. The maximum atomic E-state index is 10.2. The number of rotatable bonds is 7. The van der Waals surface area contributed by atoms with Gasteiger partial charge >= 0.3 is 0 Å². The van der Waals surface area contributed by atoms with Crippen LogP contribution >= 0.6 is 0 Å². The lowest BCUT2D eigenvalue weighted by Gasteiger charge is -2.25. The normalized spacial score (nSPS) is 14.1. The van der Waals surface area contributed by atoms with Crippen LogP contribution < -0.4 is 14.8 Å². The number of aromatic nitrogens is 2. The number of aliphatic hydroxyl groups is 1. The Morgan fingerprint density at radius 3 is 2.21 bits per heavy atom. The highest BCUT2D eigenvalue weighted by Crippen LogP contribution is 2.20. The molecule has 0 aliphatic heterocycles. The van der Waals surface area contributed by atoms with E-state index >= 15 is 0 Å². The predicted molar refractivity (Wildman–Crippen MR) is 73.7 cm³/mol. The molecule has 6 heteroatoms. The number of hydrogen-bond acceptors (Lipinski definition) is 6. The van der Waals surface area contributed by atoms with Crippen LogP contribution in [-0.2, 0) is 0 Å². The first-order chi connectivity index (χ1) is 8.86. The van der Waals surface area contributed by atoms with Crippen LogP contribution in [0.15, 0.2) is 6.07 Å². The van der Waals surface area contributed by atoms with Gasteiger partial charge in [-0.2, -0.15) is 9.97 Å². The first-order valence-electron chi connectivity index (χ1n) is 6.29. The van der Waals surface area contributed by atoms with E-state index in [1.165, 1.54) is 14.2 Å². The molecule has 1 unspecified atom stereocenters. The molecule has 2 N–H and O–H groups in total. The highest BCUT2D eigenvalue weighted by molar-refractivity contribution is 5.33. The van der Waals surface area contributed by atoms with Gasteiger partial charge in [-0.05, 0) is 19.3 Å². The van der Waals surface area contributed by atoms with Crippen LogP contribution in [0, 0.1) is 5.92 Å². The number of hydrogen-bond donors (Lipinski definition) is 2. The number of methoxy groups -OCH3 is 2. The molecule has 0 saturated carbocycles. The fraction of sp³-hybridized carbons (Fsp3) is 0.692. The zero-order chi connectivity index (χ0) is 14.5. The summed E-state index contributed by atoms with van der Waals surface area (Å²) in [5.74, 6) is 1.62. The van der Waals surface area contributed by atoms with Crippen molar-refractivity contribution in [3.05, 3.63) is 6.07 Å². The minimum atomic E-state index is -0.812. The molecule has 0 aliphatic carbocycles. The molecule has 0 spiro atoms. The van der Waals surface area contributed by atoms with E-state index < -0.39 is 5.60 Å². The van der Waals surface area contributed by atoms with Crippen molar-refractivity contribution in [2.75, 3.05) is 26.1 Å². The second kappa shape index (κ2) is 6.56. The Kier molecular flexibility index (Phi) is 5.35. The molecular weight excluding hydrogens is 246 g/mol. The standard InChI is InChI=1S/C13H23N3O3/c1-9(2)7-13(3,17)8-14-12-15-10(18-4)6-11(16-12)19-5/h6,9,17H,7-8H2,1-5H3,(H,14,15,16). The van der Waals surface area contributed by atoms with Gasteiger partial charge in [-0.15, -0.1) is 0 Å². The summed E-state index contributed by atoms with van der Waals surface area (Å²) in [4.78, 5) is 8.29. The molecule has 0 aromatic carbocycles. The van der Waals surface area contributed by atoms with Crippen LogP contribution in [0.2, 0.25) is 0 Å². The monoisotopic (exact) mass is 269 g/mol. The minimum absolute atomic E-state index is 0.363. The van der Waals surface area contributed by atoms with Crippen molar-refractivity contribution in [3.63, 3.8) is 0 Å². The van der Waals surface area contributed by atoms with Crippen molar-refractivity contribution in [2.45, 2.75) is 32.8 Å². The van der Waals surface area contributed by atoms with Gasteiger partial charge in [0.15, 0.2) is 0 Å². The van der Waals surface area contributed by atoms with Gasteiger partial charge in [-0.25, -0.2) is 0 Å². The van der Waals surface area contributed by atoms with Gasteiger partial charge in [0.1, 0.15) is 0 Å². The molecule has 0 radical (unpaired) electrons. The van der Waals surface area contributed by atoms with Gasteiger partial charge in [0.25, 0.3) is 0 Å². The minimum Gasteiger partial charge on any atom is -0.481 e. The van der Waals surface area contributed by atoms with E-state index in [-0.39, 0.29) is 0 Å². The van der Waals surface area contributed by atoms with E-state index in [1.54, 1.807) is 13.0 Å². The van der Waals surface area contributed by atoms with E-state index in [4.69, 9.17) is 9.47 Å². The largest absolute Gasteiger partial charge is 0.481 e. The third kappa shape index (κ3) is 5.30. The predicted octanol–water partition coefficient (Wildman–Crippen LogP) is 1.70. The van der Waals surface area contributed by atoms with E-state index in [9.17, 15) is 5.11 Å². The lowest BCUT2D eigenvalue weighted by Crippen LogP contribution is -2.35. The summed E-state index contributed by atoms with van der Waals surface area (Å²) < 4.78 is 10.1. The second-order valence-electron chi connectivity index (χ2n) is 5.22. The van der Waals surface area contributed by atoms with Crippen molar-refractivity contribution in [1.82, 2.24) is 9.97 Å². The third-order valence-corrected chi connectivity index (χ3v) is 2.57. The lowest BCUT2D eigenvalue weighted by atomic mass is 9.94. The quantitative estimate of drug-likeness (QED) is 0.784. The number of anilines is 1. The third-order valence-electron chi connectivity index (χ3n) is 2.57. The number of nitrogens with zero attached hydrogens (tertiary/aromatic N) is 2. The molecule has 1 atom stereocenters. The van der Waals surface area contributed by atoms with Gasteiger partial charge in [0.2, 0.25) is 17.7 Å². The van der Waals surface area contributed by atoms with Crippen LogP contribution in [-0.4, -0.2) is 41.4 Å². The molecule has 0 bridgehead atoms. The van der Waals surface area contributed by atoms with Crippen molar-refractivity contribution in [3.8, 4) is 11.8 Å².